The van der Waals surface area contributed by atoms with Gasteiger partial charge in [-0.3, -0.25) is 14.7 Å². The van der Waals surface area contributed by atoms with Crippen molar-refractivity contribution in [1.29, 1.82) is 0 Å². The van der Waals surface area contributed by atoms with Crippen LogP contribution in [-0.4, -0.2) is 15.9 Å². The first-order valence-electron chi connectivity index (χ1n) is 9.35. The number of hydrogen-bond donors (Lipinski definition) is 0. The zero-order chi connectivity index (χ0) is 20.7. The summed E-state index contributed by atoms with van der Waals surface area (Å²) in [6, 6.07) is 17.7. The summed E-state index contributed by atoms with van der Waals surface area (Å²) in [4.78, 5) is 24.8. The van der Waals surface area contributed by atoms with Crippen molar-refractivity contribution >= 4 is 65.6 Å². The number of benzene rings is 2. The summed E-state index contributed by atoms with van der Waals surface area (Å²) >= 11 is 9.54. The minimum atomic E-state index is -0.152. The molecule has 0 aliphatic rings. The quantitative estimate of drug-likeness (QED) is 0.306. The number of anilines is 1. The van der Waals surface area contributed by atoms with Gasteiger partial charge >= 0.3 is 0 Å². The third-order valence-electron chi connectivity index (χ3n) is 4.80. The number of halogens is 1. The second-order valence-electron chi connectivity index (χ2n) is 6.96. The van der Waals surface area contributed by atoms with E-state index >= 15 is 0 Å². The molecule has 0 spiro atoms. The topological polar surface area (TPSA) is 46.1 Å². The molecule has 4 nitrogen and oxygen atoms in total. The second-order valence-corrected chi connectivity index (χ2v) is 9.40. The van der Waals surface area contributed by atoms with Gasteiger partial charge in [0.25, 0.3) is 5.91 Å². The van der Waals surface area contributed by atoms with Gasteiger partial charge in [0.2, 0.25) is 0 Å². The first-order chi connectivity index (χ1) is 14.6. The summed E-state index contributed by atoms with van der Waals surface area (Å²) in [5.74, 6) is -0.152. The van der Waals surface area contributed by atoms with Gasteiger partial charge in [0.05, 0.1) is 21.8 Å². The molecule has 0 atom stereocenters. The van der Waals surface area contributed by atoms with Crippen LogP contribution in [0.3, 0.4) is 0 Å². The number of thiophene rings is 1. The number of fused-ring (bicyclic) bond motifs is 2. The van der Waals surface area contributed by atoms with Crippen LogP contribution in [0.5, 0.6) is 0 Å². The summed E-state index contributed by atoms with van der Waals surface area (Å²) in [5.41, 5.74) is 2.97. The van der Waals surface area contributed by atoms with Gasteiger partial charge in [-0.2, -0.15) is 0 Å². The molecule has 0 radical (unpaired) electrons. The first-order valence-corrected chi connectivity index (χ1v) is 11.4. The lowest BCUT2D eigenvalue weighted by Gasteiger charge is -2.19. The number of carbonyl (C=O) groups excluding carboxylic acids is 1. The Bertz CT molecular complexity index is 1380. The molecule has 2 aromatic carbocycles. The standard InChI is InChI=1S/C23H16ClN3OS2/c1-14-8-9-17-19(11-14)30-23(26-17)27(13-15-5-4-10-25-12-15)22(28)21-20(24)16-6-2-3-7-18(16)29-21/h2-12H,13H2,1H3. The van der Waals surface area contributed by atoms with Gasteiger partial charge < -0.3 is 0 Å². The Balaban J connectivity index is 1.62. The number of aryl methyl sites for hydroxylation is 1. The molecule has 3 aromatic heterocycles. The van der Waals surface area contributed by atoms with Gasteiger partial charge in [0, 0.05) is 22.5 Å². The van der Waals surface area contributed by atoms with Crippen molar-refractivity contribution in [1.82, 2.24) is 9.97 Å². The maximum atomic E-state index is 13.7. The number of aromatic nitrogens is 2. The normalized spacial score (nSPS) is 11.3. The minimum Gasteiger partial charge on any atom is -0.279 e. The Morgan fingerprint density at radius 2 is 1.93 bits per heavy atom. The molecule has 5 rings (SSSR count). The third kappa shape index (κ3) is 3.47. The Morgan fingerprint density at radius 1 is 1.07 bits per heavy atom. The summed E-state index contributed by atoms with van der Waals surface area (Å²) in [7, 11) is 0. The van der Waals surface area contributed by atoms with Crippen molar-refractivity contribution in [3.05, 3.63) is 88.0 Å². The summed E-state index contributed by atoms with van der Waals surface area (Å²) in [6.07, 6.45) is 3.49. The van der Waals surface area contributed by atoms with Crippen molar-refractivity contribution in [2.24, 2.45) is 0 Å². The van der Waals surface area contributed by atoms with E-state index in [1.165, 1.54) is 22.7 Å². The number of hydrogen-bond acceptors (Lipinski definition) is 5. The lowest BCUT2D eigenvalue weighted by molar-refractivity contribution is 0.0989. The van der Waals surface area contributed by atoms with E-state index < -0.39 is 0 Å². The average Bonchev–Trinajstić information content (AvgIpc) is 3.33. The smallest absolute Gasteiger partial charge is 0.272 e. The van der Waals surface area contributed by atoms with Crippen LogP contribution in [0.25, 0.3) is 20.3 Å². The maximum Gasteiger partial charge on any atom is 0.272 e. The van der Waals surface area contributed by atoms with E-state index in [0.29, 0.717) is 21.6 Å². The molecule has 3 heterocycles. The molecule has 0 N–H and O–H groups in total. The van der Waals surface area contributed by atoms with Crippen LogP contribution in [0.2, 0.25) is 5.02 Å². The largest absolute Gasteiger partial charge is 0.279 e. The van der Waals surface area contributed by atoms with E-state index in [0.717, 1.165) is 31.4 Å². The van der Waals surface area contributed by atoms with Crippen LogP contribution in [-0.2, 0) is 6.54 Å². The van der Waals surface area contributed by atoms with Crippen molar-refractivity contribution < 1.29 is 4.79 Å². The lowest BCUT2D eigenvalue weighted by atomic mass is 10.2. The number of nitrogens with zero attached hydrogens (tertiary/aromatic N) is 3. The molecular weight excluding hydrogens is 434 g/mol. The highest BCUT2D eigenvalue weighted by atomic mass is 35.5. The Labute approximate surface area is 186 Å². The van der Waals surface area contributed by atoms with Gasteiger partial charge in [-0.25, -0.2) is 4.98 Å². The van der Waals surface area contributed by atoms with Crippen LogP contribution in [0, 0.1) is 6.92 Å². The zero-order valence-electron chi connectivity index (χ0n) is 16.0. The fraction of sp³-hybridized carbons (Fsp3) is 0.0870. The van der Waals surface area contributed by atoms with Gasteiger partial charge in [0.1, 0.15) is 4.88 Å². The summed E-state index contributed by atoms with van der Waals surface area (Å²) < 4.78 is 2.04. The number of amides is 1. The molecule has 7 heteroatoms. The number of rotatable bonds is 4. The van der Waals surface area contributed by atoms with Crippen molar-refractivity contribution in [3.63, 3.8) is 0 Å². The molecule has 5 aromatic rings. The van der Waals surface area contributed by atoms with E-state index in [-0.39, 0.29) is 5.91 Å². The minimum absolute atomic E-state index is 0.152. The van der Waals surface area contributed by atoms with Crippen LogP contribution in [0.1, 0.15) is 20.8 Å². The molecular formula is C23H16ClN3OS2. The van der Waals surface area contributed by atoms with Crippen LogP contribution in [0.15, 0.2) is 67.0 Å². The Morgan fingerprint density at radius 3 is 2.73 bits per heavy atom. The molecule has 0 aliphatic heterocycles. The van der Waals surface area contributed by atoms with Crippen LogP contribution < -0.4 is 4.90 Å². The van der Waals surface area contributed by atoms with E-state index in [9.17, 15) is 4.79 Å². The van der Waals surface area contributed by atoms with E-state index in [1.54, 1.807) is 17.3 Å². The third-order valence-corrected chi connectivity index (χ3v) is 7.51. The van der Waals surface area contributed by atoms with Gasteiger partial charge in [0.15, 0.2) is 5.13 Å². The van der Waals surface area contributed by atoms with Gasteiger partial charge in [-0.15, -0.1) is 11.3 Å². The fourth-order valence-electron chi connectivity index (χ4n) is 3.31. The molecule has 1 amide bonds. The van der Waals surface area contributed by atoms with E-state index in [4.69, 9.17) is 16.6 Å². The van der Waals surface area contributed by atoms with Crippen LogP contribution in [0.4, 0.5) is 5.13 Å². The Kier molecular flexibility index (Phi) is 4.98. The number of thiazole rings is 1. The molecule has 0 fully saturated rings. The second kappa shape index (κ2) is 7.80. The van der Waals surface area contributed by atoms with Gasteiger partial charge in [-0.1, -0.05) is 53.3 Å². The average molecular weight is 450 g/mol. The lowest BCUT2D eigenvalue weighted by Crippen LogP contribution is -2.30. The molecule has 30 heavy (non-hydrogen) atoms. The monoisotopic (exact) mass is 449 g/mol. The Hall–Kier alpha value is -2.80. The van der Waals surface area contributed by atoms with Crippen LogP contribution >= 0.6 is 34.3 Å². The maximum absolute atomic E-state index is 13.7. The highest BCUT2D eigenvalue weighted by Crippen LogP contribution is 2.38. The van der Waals surface area contributed by atoms with Gasteiger partial charge in [-0.05, 0) is 42.3 Å². The predicted molar refractivity (Wildman–Crippen MR) is 126 cm³/mol. The molecule has 148 valence electrons. The number of carbonyl (C=O) groups is 1. The van der Waals surface area contributed by atoms with E-state index in [2.05, 4.69) is 11.1 Å². The highest BCUT2D eigenvalue weighted by Gasteiger charge is 2.26. The fourth-order valence-corrected chi connectivity index (χ4v) is 5.83. The molecule has 0 aliphatic carbocycles. The van der Waals surface area contributed by atoms with Crippen molar-refractivity contribution in [2.75, 3.05) is 4.90 Å². The molecule has 0 saturated heterocycles. The number of pyridine rings is 1. The van der Waals surface area contributed by atoms with Crippen molar-refractivity contribution in [3.8, 4) is 0 Å². The molecule has 0 saturated carbocycles. The SMILES string of the molecule is Cc1ccc2nc(N(Cc3cccnc3)C(=O)c3sc4ccccc4c3Cl)sc2c1. The summed E-state index contributed by atoms with van der Waals surface area (Å²) in [5, 5.41) is 2.04. The summed E-state index contributed by atoms with van der Waals surface area (Å²) in [6.45, 7) is 2.42. The molecule has 0 unspecified atom stereocenters. The molecule has 0 bridgehead atoms. The predicted octanol–water partition coefficient (Wildman–Crippen LogP) is 6.71. The van der Waals surface area contributed by atoms with E-state index in [1.807, 2.05) is 55.5 Å². The first kappa shape index (κ1) is 19.2. The van der Waals surface area contributed by atoms with Crippen molar-refractivity contribution in [2.45, 2.75) is 13.5 Å². The highest BCUT2D eigenvalue weighted by molar-refractivity contribution is 7.23. The zero-order valence-corrected chi connectivity index (χ0v) is 18.4.